The van der Waals surface area contributed by atoms with E-state index in [4.69, 9.17) is 15.2 Å². The van der Waals surface area contributed by atoms with Gasteiger partial charge in [-0.15, -0.1) is 0 Å². The first kappa shape index (κ1) is 14.4. The fraction of sp³-hybridized carbons (Fsp3) is 0.727. The third kappa shape index (κ3) is 3.43. The largest absolute Gasteiger partial charge is 0.462 e. The SMILES string of the molecule is C[C@H](NCC(N)=O)C(=O)O[C@H]1C(=O)OCC1(C)C. The lowest BCUT2D eigenvalue weighted by atomic mass is 9.90. The minimum Gasteiger partial charge on any atom is -0.462 e. The van der Waals surface area contributed by atoms with Crippen LogP contribution < -0.4 is 11.1 Å². The molecule has 3 N–H and O–H groups in total. The zero-order valence-corrected chi connectivity index (χ0v) is 10.7. The predicted octanol–water partition coefficient (Wildman–Crippen LogP) is -1.06. The van der Waals surface area contributed by atoms with Crippen LogP contribution in [0.15, 0.2) is 0 Å². The number of nitrogens with two attached hydrogens (primary N) is 1. The minimum atomic E-state index is -0.914. The maximum absolute atomic E-state index is 11.7. The molecule has 7 heteroatoms. The molecule has 1 saturated heterocycles. The summed E-state index contributed by atoms with van der Waals surface area (Å²) < 4.78 is 9.95. The summed E-state index contributed by atoms with van der Waals surface area (Å²) in [6.45, 7) is 5.16. The Hall–Kier alpha value is -1.63. The lowest BCUT2D eigenvalue weighted by molar-refractivity contribution is -0.164. The average molecular weight is 258 g/mol. The molecule has 0 saturated carbocycles. The molecular formula is C11H18N2O5. The summed E-state index contributed by atoms with van der Waals surface area (Å²) in [5.41, 5.74) is 4.40. The van der Waals surface area contributed by atoms with Crippen LogP contribution in [0.5, 0.6) is 0 Å². The van der Waals surface area contributed by atoms with E-state index in [0.29, 0.717) is 0 Å². The molecule has 0 aromatic carbocycles. The molecule has 0 unspecified atom stereocenters. The van der Waals surface area contributed by atoms with Crippen LogP contribution in [-0.2, 0) is 23.9 Å². The summed E-state index contributed by atoms with van der Waals surface area (Å²) in [5.74, 6) is -1.74. The van der Waals surface area contributed by atoms with Gasteiger partial charge in [0.1, 0.15) is 12.6 Å². The van der Waals surface area contributed by atoms with Crippen LogP contribution in [-0.4, -0.2) is 43.1 Å². The van der Waals surface area contributed by atoms with Crippen molar-refractivity contribution in [2.24, 2.45) is 11.1 Å². The van der Waals surface area contributed by atoms with Gasteiger partial charge in [-0.1, -0.05) is 13.8 Å². The molecular weight excluding hydrogens is 240 g/mol. The van der Waals surface area contributed by atoms with E-state index < -0.39 is 35.4 Å². The van der Waals surface area contributed by atoms with Crippen LogP contribution in [0, 0.1) is 5.41 Å². The summed E-state index contributed by atoms with van der Waals surface area (Å²) in [7, 11) is 0. The van der Waals surface area contributed by atoms with Crippen molar-refractivity contribution in [3.8, 4) is 0 Å². The Bertz CT molecular complexity index is 366. The van der Waals surface area contributed by atoms with Crippen LogP contribution >= 0.6 is 0 Å². The quantitative estimate of drug-likeness (QED) is 0.609. The van der Waals surface area contributed by atoms with Crippen LogP contribution in [0.4, 0.5) is 0 Å². The molecule has 0 aromatic heterocycles. The van der Waals surface area contributed by atoms with Gasteiger partial charge in [-0.25, -0.2) is 4.79 Å². The van der Waals surface area contributed by atoms with Gasteiger partial charge in [-0.05, 0) is 6.92 Å². The Morgan fingerprint density at radius 3 is 2.67 bits per heavy atom. The maximum Gasteiger partial charge on any atom is 0.348 e. The summed E-state index contributed by atoms with van der Waals surface area (Å²) in [5, 5.41) is 2.60. The Morgan fingerprint density at radius 2 is 2.22 bits per heavy atom. The number of hydrogen-bond acceptors (Lipinski definition) is 6. The van der Waals surface area contributed by atoms with Crippen molar-refractivity contribution in [2.45, 2.75) is 32.9 Å². The summed E-state index contributed by atoms with van der Waals surface area (Å²) >= 11 is 0. The number of rotatable bonds is 5. The maximum atomic E-state index is 11.7. The normalized spacial score (nSPS) is 23.3. The molecule has 1 aliphatic rings. The van der Waals surface area contributed by atoms with Gasteiger partial charge in [0.15, 0.2) is 0 Å². The van der Waals surface area contributed by atoms with Crippen molar-refractivity contribution in [1.29, 1.82) is 0 Å². The van der Waals surface area contributed by atoms with Gasteiger partial charge in [-0.3, -0.25) is 14.9 Å². The first-order chi connectivity index (χ1) is 8.24. The smallest absolute Gasteiger partial charge is 0.348 e. The summed E-state index contributed by atoms with van der Waals surface area (Å²) in [6, 6.07) is -0.721. The fourth-order valence-corrected chi connectivity index (χ4v) is 1.49. The van der Waals surface area contributed by atoms with E-state index in [1.807, 2.05) is 0 Å². The Labute approximate surface area is 105 Å². The highest BCUT2D eigenvalue weighted by atomic mass is 16.6. The topological polar surface area (TPSA) is 108 Å². The number of hydrogen-bond donors (Lipinski definition) is 2. The Kier molecular flexibility index (Phi) is 4.28. The van der Waals surface area contributed by atoms with Crippen molar-refractivity contribution in [1.82, 2.24) is 5.32 Å². The number of ether oxygens (including phenoxy) is 2. The van der Waals surface area contributed by atoms with E-state index in [0.717, 1.165) is 0 Å². The monoisotopic (exact) mass is 258 g/mol. The predicted molar refractivity (Wildman–Crippen MR) is 61.3 cm³/mol. The lowest BCUT2D eigenvalue weighted by Gasteiger charge is -2.23. The van der Waals surface area contributed by atoms with E-state index >= 15 is 0 Å². The van der Waals surface area contributed by atoms with Crippen LogP contribution in [0.2, 0.25) is 0 Å². The number of nitrogens with one attached hydrogen (secondary N) is 1. The lowest BCUT2D eigenvalue weighted by Crippen LogP contribution is -2.44. The third-order valence-corrected chi connectivity index (χ3v) is 2.68. The van der Waals surface area contributed by atoms with Crippen molar-refractivity contribution in [2.75, 3.05) is 13.2 Å². The van der Waals surface area contributed by atoms with Crippen LogP contribution in [0.1, 0.15) is 20.8 Å². The average Bonchev–Trinajstić information content (AvgIpc) is 2.52. The first-order valence-corrected chi connectivity index (χ1v) is 5.63. The number of amides is 1. The molecule has 102 valence electrons. The van der Waals surface area contributed by atoms with Crippen LogP contribution in [0.3, 0.4) is 0 Å². The number of cyclic esters (lactones) is 1. The first-order valence-electron chi connectivity index (χ1n) is 5.63. The molecule has 0 aromatic rings. The minimum absolute atomic E-state index is 0.130. The Balaban J connectivity index is 2.53. The van der Waals surface area contributed by atoms with E-state index in [9.17, 15) is 14.4 Å². The molecule has 1 rings (SSSR count). The number of carbonyl (C=O) groups is 3. The number of carbonyl (C=O) groups excluding carboxylic acids is 3. The van der Waals surface area contributed by atoms with E-state index in [1.54, 1.807) is 13.8 Å². The molecule has 2 atom stereocenters. The zero-order valence-electron chi connectivity index (χ0n) is 10.7. The highest BCUT2D eigenvalue weighted by Crippen LogP contribution is 2.31. The standard InChI is InChI=1S/C11H18N2O5/c1-6(13-4-7(12)14)9(15)18-8-10(16)17-5-11(8,2)3/h6,8,13H,4-5H2,1-3H3,(H2,12,14)/t6-,8-/m0/s1. The third-order valence-electron chi connectivity index (χ3n) is 2.68. The van der Waals surface area contributed by atoms with Crippen molar-refractivity contribution < 1.29 is 23.9 Å². The zero-order chi connectivity index (χ0) is 13.9. The van der Waals surface area contributed by atoms with E-state index in [-0.39, 0.29) is 13.2 Å². The molecule has 18 heavy (non-hydrogen) atoms. The molecule has 1 amide bonds. The summed E-state index contributed by atoms with van der Waals surface area (Å²) in [4.78, 5) is 33.7. The van der Waals surface area contributed by atoms with E-state index in [1.165, 1.54) is 6.92 Å². The van der Waals surface area contributed by atoms with Gasteiger partial charge in [-0.2, -0.15) is 0 Å². The van der Waals surface area contributed by atoms with E-state index in [2.05, 4.69) is 5.32 Å². The highest BCUT2D eigenvalue weighted by molar-refractivity contribution is 5.84. The van der Waals surface area contributed by atoms with Crippen molar-refractivity contribution in [3.63, 3.8) is 0 Å². The van der Waals surface area contributed by atoms with Gasteiger partial charge >= 0.3 is 11.9 Å². The molecule has 0 bridgehead atoms. The van der Waals surface area contributed by atoms with Gasteiger partial charge in [0, 0.05) is 5.41 Å². The van der Waals surface area contributed by atoms with Gasteiger partial charge in [0.2, 0.25) is 12.0 Å². The molecule has 7 nitrogen and oxygen atoms in total. The second-order valence-electron chi connectivity index (χ2n) is 4.98. The molecule has 1 fully saturated rings. The molecule has 1 heterocycles. The second kappa shape index (κ2) is 5.34. The van der Waals surface area contributed by atoms with Crippen molar-refractivity contribution in [3.05, 3.63) is 0 Å². The van der Waals surface area contributed by atoms with Crippen LogP contribution in [0.25, 0.3) is 0 Å². The number of primary amides is 1. The van der Waals surface area contributed by atoms with Crippen molar-refractivity contribution >= 4 is 17.8 Å². The van der Waals surface area contributed by atoms with Gasteiger partial charge in [0.25, 0.3) is 0 Å². The number of esters is 2. The molecule has 0 radical (unpaired) electrons. The Morgan fingerprint density at radius 1 is 1.61 bits per heavy atom. The highest BCUT2D eigenvalue weighted by Gasteiger charge is 2.46. The molecule has 0 spiro atoms. The fourth-order valence-electron chi connectivity index (χ4n) is 1.49. The molecule has 0 aliphatic carbocycles. The van der Waals surface area contributed by atoms with Gasteiger partial charge < -0.3 is 15.2 Å². The molecule has 1 aliphatic heterocycles. The second-order valence-corrected chi connectivity index (χ2v) is 4.98. The van der Waals surface area contributed by atoms with Gasteiger partial charge in [0.05, 0.1) is 6.54 Å². The summed E-state index contributed by atoms with van der Waals surface area (Å²) in [6.07, 6.45) is -0.914.